The van der Waals surface area contributed by atoms with E-state index in [1.807, 2.05) is 0 Å². The van der Waals surface area contributed by atoms with E-state index in [0.717, 1.165) is 64.1 Å². The molecule has 1 amide bonds. The van der Waals surface area contributed by atoms with Crippen LogP contribution in [-0.4, -0.2) is 80.8 Å². The van der Waals surface area contributed by atoms with E-state index in [9.17, 15) is 9.59 Å². The number of carbonyl (C=O) groups is 2. The molecular formula is C23H34N2O6. The maximum absolute atomic E-state index is 12.3. The molecule has 172 valence electrons. The maximum atomic E-state index is 12.3. The number of carbonyl (C=O) groups excluding carboxylic acids is 2. The standard InChI is InChI=1S/C23H34N2O6/c1-17-19-6-5-18(14-29-21(27)24-8-9-25-10-12-28-13-11-25)4-3-7-22(2)15-23(19,16-30-22)31-20(17)26/h4,19H,1,3,5-16H2,2H3,(H,24,27)/b18-4+/t19-,22+,23-/m0/s1. The lowest BCUT2D eigenvalue weighted by molar-refractivity contribution is -0.148. The van der Waals surface area contributed by atoms with E-state index in [4.69, 9.17) is 18.9 Å². The van der Waals surface area contributed by atoms with Gasteiger partial charge < -0.3 is 24.3 Å². The summed E-state index contributed by atoms with van der Waals surface area (Å²) in [6.07, 6.45) is 5.60. The van der Waals surface area contributed by atoms with E-state index in [1.54, 1.807) is 0 Å². The Bertz CT molecular complexity index is 746. The summed E-state index contributed by atoms with van der Waals surface area (Å²) in [7, 11) is 0. The first-order valence-corrected chi connectivity index (χ1v) is 11.3. The van der Waals surface area contributed by atoms with Crippen molar-refractivity contribution >= 4 is 12.1 Å². The van der Waals surface area contributed by atoms with Crippen molar-refractivity contribution in [2.24, 2.45) is 5.92 Å². The Morgan fingerprint density at radius 3 is 3.00 bits per heavy atom. The Kier molecular flexibility index (Phi) is 6.69. The molecule has 1 aliphatic carbocycles. The van der Waals surface area contributed by atoms with Gasteiger partial charge in [0.2, 0.25) is 0 Å². The number of alkyl carbamates (subject to hydrolysis) is 1. The van der Waals surface area contributed by atoms with Crippen LogP contribution in [0, 0.1) is 5.92 Å². The molecule has 3 aliphatic heterocycles. The minimum atomic E-state index is -0.594. The lowest BCUT2D eigenvalue weighted by atomic mass is 9.75. The van der Waals surface area contributed by atoms with Crippen LogP contribution in [0.4, 0.5) is 4.79 Å². The number of morpholine rings is 1. The molecule has 0 unspecified atom stereocenters. The van der Waals surface area contributed by atoms with Crippen LogP contribution in [0.15, 0.2) is 23.8 Å². The highest BCUT2D eigenvalue weighted by molar-refractivity contribution is 5.91. The van der Waals surface area contributed by atoms with Crippen molar-refractivity contribution in [1.29, 1.82) is 0 Å². The van der Waals surface area contributed by atoms with Gasteiger partial charge in [-0.1, -0.05) is 12.7 Å². The van der Waals surface area contributed by atoms with Crippen LogP contribution in [-0.2, 0) is 23.7 Å². The zero-order valence-corrected chi connectivity index (χ0v) is 18.5. The zero-order valence-electron chi connectivity index (χ0n) is 18.5. The summed E-state index contributed by atoms with van der Waals surface area (Å²) in [5, 5.41) is 2.83. The number of rotatable bonds is 5. The molecule has 0 radical (unpaired) electrons. The van der Waals surface area contributed by atoms with Crippen LogP contribution in [0.5, 0.6) is 0 Å². The second-order valence-corrected chi connectivity index (χ2v) is 9.34. The van der Waals surface area contributed by atoms with Crippen molar-refractivity contribution in [3.05, 3.63) is 23.8 Å². The molecule has 31 heavy (non-hydrogen) atoms. The Labute approximate surface area is 183 Å². The number of amides is 1. The van der Waals surface area contributed by atoms with Crippen LogP contribution < -0.4 is 5.32 Å². The van der Waals surface area contributed by atoms with E-state index in [2.05, 4.69) is 29.8 Å². The van der Waals surface area contributed by atoms with Crippen molar-refractivity contribution in [3.8, 4) is 0 Å². The summed E-state index contributed by atoms with van der Waals surface area (Å²) >= 11 is 0. The topological polar surface area (TPSA) is 86.3 Å². The molecule has 3 fully saturated rings. The van der Waals surface area contributed by atoms with Crippen LogP contribution >= 0.6 is 0 Å². The van der Waals surface area contributed by atoms with Gasteiger partial charge in [0.15, 0.2) is 0 Å². The highest BCUT2D eigenvalue weighted by Gasteiger charge is 2.59. The van der Waals surface area contributed by atoms with Crippen LogP contribution in [0.3, 0.4) is 0 Å². The lowest BCUT2D eigenvalue weighted by Crippen LogP contribution is -2.41. The molecule has 3 saturated heterocycles. The minimum Gasteiger partial charge on any atom is -0.452 e. The van der Waals surface area contributed by atoms with Gasteiger partial charge in [-0.05, 0) is 38.2 Å². The molecule has 0 saturated carbocycles. The largest absolute Gasteiger partial charge is 0.452 e. The average molecular weight is 435 g/mol. The Balaban J connectivity index is 1.29. The second-order valence-electron chi connectivity index (χ2n) is 9.34. The van der Waals surface area contributed by atoms with E-state index >= 15 is 0 Å². The average Bonchev–Trinajstić information content (AvgIpc) is 3.19. The first kappa shape index (κ1) is 22.3. The Morgan fingerprint density at radius 1 is 1.39 bits per heavy atom. The maximum Gasteiger partial charge on any atom is 0.407 e. The van der Waals surface area contributed by atoms with Gasteiger partial charge in [-0.15, -0.1) is 0 Å². The van der Waals surface area contributed by atoms with E-state index in [0.29, 0.717) is 25.1 Å². The Morgan fingerprint density at radius 2 is 2.19 bits per heavy atom. The zero-order chi connectivity index (χ0) is 21.9. The molecule has 0 aromatic rings. The summed E-state index contributed by atoms with van der Waals surface area (Å²) in [6, 6.07) is 0. The van der Waals surface area contributed by atoms with Gasteiger partial charge in [0.1, 0.15) is 12.2 Å². The molecule has 0 aromatic carbocycles. The second kappa shape index (κ2) is 9.30. The third-order valence-electron chi connectivity index (χ3n) is 7.00. The quantitative estimate of drug-likeness (QED) is 0.403. The summed E-state index contributed by atoms with van der Waals surface area (Å²) in [5.41, 5.74) is 0.688. The van der Waals surface area contributed by atoms with Gasteiger partial charge in [0, 0.05) is 44.1 Å². The molecule has 0 aromatic heterocycles. The van der Waals surface area contributed by atoms with Gasteiger partial charge >= 0.3 is 12.1 Å². The van der Waals surface area contributed by atoms with Gasteiger partial charge in [-0.25, -0.2) is 9.59 Å². The van der Waals surface area contributed by atoms with Gasteiger partial charge in [0.05, 0.1) is 25.4 Å². The molecule has 8 nitrogen and oxygen atoms in total. The van der Waals surface area contributed by atoms with E-state index in [-0.39, 0.29) is 24.1 Å². The molecule has 3 atom stereocenters. The molecule has 3 heterocycles. The third-order valence-corrected chi connectivity index (χ3v) is 7.00. The minimum absolute atomic E-state index is 0.0642. The summed E-state index contributed by atoms with van der Waals surface area (Å²) in [4.78, 5) is 26.7. The highest BCUT2D eigenvalue weighted by Crippen LogP contribution is 2.51. The highest BCUT2D eigenvalue weighted by atomic mass is 16.6. The predicted molar refractivity (Wildman–Crippen MR) is 114 cm³/mol. The number of hydrogen-bond donors (Lipinski definition) is 1. The molecule has 2 bridgehead atoms. The van der Waals surface area contributed by atoms with Gasteiger partial charge in [-0.3, -0.25) is 4.90 Å². The number of nitrogens with zero attached hydrogens (tertiary/aromatic N) is 1. The fraction of sp³-hybridized carbons (Fsp3) is 0.739. The Hall–Kier alpha value is -1.90. The van der Waals surface area contributed by atoms with Gasteiger partial charge in [-0.2, -0.15) is 0 Å². The number of fused-ring (bicyclic) bond motifs is 1. The third kappa shape index (κ3) is 5.13. The molecule has 1 N–H and O–H groups in total. The number of nitrogens with one attached hydrogen (secondary N) is 1. The number of esters is 1. The van der Waals surface area contributed by atoms with Crippen molar-refractivity contribution in [3.63, 3.8) is 0 Å². The SMILES string of the molecule is C=C1C(=O)O[C@@]23CO[C@](C)(CC/C=C(/COC(=O)NCCN4CCOCC4)CC[C@@H]12)C3. The molecule has 4 rings (SSSR count). The lowest BCUT2D eigenvalue weighted by Gasteiger charge is -2.30. The fourth-order valence-corrected chi connectivity index (χ4v) is 5.19. The fourth-order valence-electron chi connectivity index (χ4n) is 5.19. The normalized spacial score (nSPS) is 35.6. The summed E-state index contributed by atoms with van der Waals surface area (Å²) < 4.78 is 22.7. The molecular weight excluding hydrogens is 400 g/mol. The first-order valence-electron chi connectivity index (χ1n) is 11.3. The van der Waals surface area contributed by atoms with Crippen molar-refractivity contribution in [2.45, 2.75) is 50.2 Å². The van der Waals surface area contributed by atoms with E-state index in [1.165, 1.54) is 0 Å². The van der Waals surface area contributed by atoms with E-state index < -0.39 is 11.7 Å². The molecule has 1 spiro atoms. The van der Waals surface area contributed by atoms with Crippen LogP contribution in [0.2, 0.25) is 0 Å². The monoisotopic (exact) mass is 434 g/mol. The van der Waals surface area contributed by atoms with Crippen molar-refractivity contribution < 1.29 is 28.5 Å². The summed E-state index contributed by atoms with van der Waals surface area (Å²) in [6.45, 7) is 11.4. The molecule has 8 heteroatoms. The van der Waals surface area contributed by atoms with Crippen LogP contribution in [0.1, 0.15) is 39.0 Å². The van der Waals surface area contributed by atoms with Crippen molar-refractivity contribution in [1.82, 2.24) is 10.2 Å². The van der Waals surface area contributed by atoms with Gasteiger partial charge in [0.25, 0.3) is 0 Å². The van der Waals surface area contributed by atoms with Crippen molar-refractivity contribution in [2.75, 3.05) is 52.6 Å². The first-order chi connectivity index (χ1) is 14.9. The number of allylic oxidation sites excluding steroid dienone is 1. The predicted octanol–water partition coefficient (Wildman–Crippen LogP) is 2.19. The number of ether oxygens (including phenoxy) is 4. The molecule has 4 aliphatic rings. The van der Waals surface area contributed by atoms with Crippen LogP contribution in [0.25, 0.3) is 0 Å². The summed E-state index contributed by atoms with van der Waals surface area (Å²) in [5.74, 6) is -0.371. The number of hydrogen-bond acceptors (Lipinski definition) is 7. The smallest absolute Gasteiger partial charge is 0.407 e.